The van der Waals surface area contributed by atoms with Crippen LogP contribution in [0, 0.1) is 13.8 Å². The van der Waals surface area contributed by atoms with Gasteiger partial charge in [0.15, 0.2) is 0 Å². The summed E-state index contributed by atoms with van der Waals surface area (Å²) >= 11 is 0. The van der Waals surface area contributed by atoms with Crippen LogP contribution in [-0.4, -0.2) is 35.0 Å². The number of carbonyl (C=O) groups excluding carboxylic acids is 1. The smallest absolute Gasteiger partial charge is 0.254 e. The Morgan fingerprint density at radius 1 is 1.10 bits per heavy atom. The van der Waals surface area contributed by atoms with Gasteiger partial charge in [0, 0.05) is 29.8 Å². The van der Waals surface area contributed by atoms with Crippen molar-refractivity contribution < 1.29 is 9.53 Å². The standard InChI is InChI=1S/C24H26N2O3/c1-16-5-8-18(9-6-16)24(28)26(15-21-4-3-11-29-21)14-20-13-19-12-17(2)7-10-22(19)25-23(20)27/h5-10,12-13,21H,3-4,11,14-15H2,1-2H3,(H,25,27)/t21-/m0/s1. The van der Waals surface area contributed by atoms with Gasteiger partial charge in [0.1, 0.15) is 0 Å². The van der Waals surface area contributed by atoms with Crippen LogP contribution in [0.3, 0.4) is 0 Å². The Labute approximate surface area is 170 Å². The lowest BCUT2D eigenvalue weighted by Crippen LogP contribution is -2.38. The lowest BCUT2D eigenvalue weighted by atomic mass is 10.1. The number of nitrogens with one attached hydrogen (secondary N) is 1. The second kappa shape index (κ2) is 8.21. The van der Waals surface area contributed by atoms with E-state index in [0.29, 0.717) is 17.7 Å². The molecule has 0 spiro atoms. The average Bonchev–Trinajstić information content (AvgIpc) is 3.21. The first kappa shape index (κ1) is 19.4. The maximum absolute atomic E-state index is 13.2. The zero-order valence-corrected chi connectivity index (χ0v) is 16.9. The van der Waals surface area contributed by atoms with Gasteiger partial charge in [-0.2, -0.15) is 0 Å². The molecule has 0 aliphatic carbocycles. The van der Waals surface area contributed by atoms with Crippen LogP contribution >= 0.6 is 0 Å². The average molecular weight is 390 g/mol. The summed E-state index contributed by atoms with van der Waals surface area (Å²) in [5.74, 6) is -0.0794. The van der Waals surface area contributed by atoms with Gasteiger partial charge in [-0.05, 0) is 62.4 Å². The van der Waals surface area contributed by atoms with Gasteiger partial charge in [-0.25, -0.2) is 0 Å². The number of aromatic nitrogens is 1. The number of nitrogens with zero attached hydrogens (tertiary/aromatic N) is 1. The Hall–Kier alpha value is -2.92. The van der Waals surface area contributed by atoms with Crippen molar-refractivity contribution in [2.75, 3.05) is 13.2 Å². The molecule has 0 bridgehead atoms. The molecule has 1 amide bonds. The highest BCUT2D eigenvalue weighted by Crippen LogP contribution is 2.19. The zero-order chi connectivity index (χ0) is 20.4. The van der Waals surface area contributed by atoms with Gasteiger partial charge in [0.25, 0.3) is 11.5 Å². The van der Waals surface area contributed by atoms with Gasteiger partial charge in [-0.3, -0.25) is 9.59 Å². The van der Waals surface area contributed by atoms with Crippen LogP contribution in [0.1, 0.15) is 39.9 Å². The molecule has 1 atom stereocenters. The number of aryl methyl sites for hydroxylation is 2. The van der Waals surface area contributed by atoms with Crippen LogP contribution in [-0.2, 0) is 11.3 Å². The number of hydrogen-bond acceptors (Lipinski definition) is 3. The van der Waals surface area contributed by atoms with Gasteiger partial charge >= 0.3 is 0 Å². The number of aromatic amines is 1. The molecule has 1 aliphatic rings. The maximum atomic E-state index is 13.2. The lowest BCUT2D eigenvalue weighted by Gasteiger charge is -2.25. The summed E-state index contributed by atoms with van der Waals surface area (Å²) < 4.78 is 5.76. The number of ether oxygens (including phenoxy) is 1. The first-order chi connectivity index (χ1) is 14.0. The molecule has 5 nitrogen and oxygen atoms in total. The van der Waals surface area contributed by atoms with E-state index in [-0.39, 0.29) is 24.1 Å². The van der Waals surface area contributed by atoms with Crippen LogP contribution in [0.25, 0.3) is 10.9 Å². The molecule has 5 heteroatoms. The molecule has 0 saturated carbocycles. The zero-order valence-electron chi connectivity index (χ0n) is 16.9. The molecular weight excluding hydrogens is 364 g/mol. The summed E-state index contributed by atoms with van der Waals surface area (Å²) in [5, 5.41) is 0.972. The van der Waals surface area contributed by atoms with E-state index in [0.717, 1.165) is 41.5 Å². The van der Waals surface area contributed by atoms with E-state index in [4.69, 9.17) is 4.74 Å². The fraction of sp³-hybridized carbons (Fsp3) is 0.333. The SMILES string of the molecule is Cc1ccc(C(=O)N(Cc2cc3cc(C)ccc3[nH]c2=O)C[C@@H]2CCCO2)cc1. The van der Waals surface area contributed by atoms with Crippen molar-refractivity contribution in [3.8, 4) is 0 Å². The second-order valence-corrected chi connectivity index (χ2v) is 7.90. The first-order valence-electron chi connectivity index (χ1n) is 10.1. The lowest BCUT2D eigenvalue weighted by molar-refractivity contribution is 0.0506. The number of carbonyl (C=O) groups is 1. The molecular formula is C24H26N2O3. The number of pyridine rings is 1. The molecule has 29 heavy (non-hydrogen) atoms. The van der Waals surface area contributed by atoms with Crippen LogP contribution < -0.4 is 5.56 Å². The van der Waals surface area contributed by atoms with E-state index in [9.17, 15) is 9.59 Å². The summed E-state index contributed by atoms with van der Waals surface area (Å²) in [7, 11) is 0. The van der Waals surface area contributed by atoms with Crippen molar-refractivity contribution in [3.63, 3.8) is 0 Å². The van der Waals surface area contributed by atoms with Crippen LogP contribution in [0.4, 0.5) is 0 Å². The quantitative estimate of drug-likeness (QED) is 0.717. The molecule has 2 heterocycles. The fourth-order valence-electron chi connectivity index (χ4n) is 3.83. The summed E-state index contributed by atoms with van der Waals surface area (Å²) in [4.78, 5) is 30.6. The molecule has 1 saturated heterocycles. The normalized spacial score (nSPS) is 16.3. The molecule has 2 aromatic carbocycles. The molecule has 1 aromatic heterocycles. The van der Waals surface area contributed by atoms with E-state index in [2.05, 4.69) is 4.98 Å². The molecule has 150 valence electrons. The van der Waals surface area contributed by atoms with Gasteiger partial charge < -0.3 is 14.6 Å². The van der Waals surface area contributed by atoms with E-state index < -0.39 is 0 Å². The van der Waals surface area contributed by atoms with Crippen LogP contribution in [0.15, 0.2) is 53.3 Å². The largest absolute Gasteiger partial charge is 0.376 e. The highest BCUT2D eigenvalue weighted by molar-refractivity contribution is 5.94. The predicted molar refractivity (Wildman–Crippen MR) is 114 cm³/mol. The van der Waals surface area contributed by atoms with Crippen molar-refractivity contribution in [3.05, 3.63) is 81.1 Å². The third kappa shape index (κ3) is 4.40. The second-order valence-electron chi connectivity index (χ2n) is 7.90. The molecule has 1 aliphatic heterocycles. The van der Waals surface area contributed by atoms with Crippen molar-refractivity contribution in [1.82, 2.24) is 9.88 Å². The molecule has 1 N–H and O–H groups in total. The van der Waals surface area contributed by atoms with Gasteiger partial charge in [0.05, 0.1) is 12.6 Å². The van der Waals surface area contributed by atoms with Crippen LogP contribution in [0.5, 0.6) is 0 Å². The van der Waals surface area contributed by atoms with Gasteiger partial charge in [-0.1, -0.05) is 29.3 Å². The number of fused-ring (bicyclic) bond motifs is 1. The molecule has 0 radical (unpaired) electrons. The Morgan fingerprint density at radius 2 is 1.86 bits per heavy atom. The summed E-state index contributed by atoms with van der Waals surface area (Å²) in [6, 6.07) is 15.4. The highest BCUT2D eigenvalue weighted by Gasteiger charge is 2.24. The molecule has 4 rings (SSSR count). The summed E-state index contributed by atoms with van der Waals surface area (Å²) in [6.07, 6.45) is 1.96. The summed E-state index contributed by atoms with van der Waals surface area (Å²) in [5.41, 5.74) is 4.09. The Balaban J connectivity index is 1.66. The molecule has 1 fully saturated rings. The first-order valence-corrected chi connectivity index (χ1v) is 10.1. The minimum Gasteiger partial charge on any atom is -0.376 e. The minimum absolute atomic E-state index is 0.0196. The highest BCUT2D eigenvalue weighted by atomic mass is 16.5. The monoisotopic (exact) mass is 390 g/mol. The van der Waals surface area contributed by atoms with Gasteiger partial charge in [-0.15, -0.1) is 0 Å². The fourth-order valence-corrected chi connectivity index (χ4v) is 3.83. The van der Waals surface area contributed by atoms with E-state index in [1.165, 1.54) is 0 Å². The minimum atomic E-state index is -0.157. The number of amides is 1. The number of benzene rings is 2. The van der Waals surface area contributed by atoms with Crippen LogP contribution in [0.2, 0.25) is 0 Å². The van der Waals surface area contributed by atoms with E-state index in [1.807, 2.05) is 62.4 Å². The van der Waals surface area contributed by atoms with Crippen molar-refractivity contribution in [2.24, 2.45) is 0 Å². The third-order valence-corrected chi connectivity index (χ3v) is 5.47. The van der Waals surface area contributed by atoms with Crippen molar-refractivity contribution >= 4 is 16.8 Å². The topological polar surface area (TPSA) is 62.4 Å². The number of rotatable bonds is 5. The number of H-pyrrole nitrogens is 1. The van der Waals surface area contributed by atoms with Gasteiger partial charge in [0.2, 0.25) is 0 Å². The van der Waals surface area contributed by atoms with Crippen molar-refractivity contribution in [1.29, 1.82) is 0 Å². The summed E-state index contributed by atoms with van der Waals surface area (Å²) in [6.45, 7) is 5.49. The predicted octanol–water partition coefficient (Wildman–Crippen LogP) is 3.97. The molecule has 3 aromatic rings. The maximum Gasteiger partial charge on any atom is 0.254 e. The number of hydrogen-bond donors (Lipinski definition) is 1. The Kier molecular flexibility index (Phi) is 5.49. The Morgan fingerprint density at radius 3 is 2.59 bits per heavy atom. The van der Waals surface area contributed by atoms with Crippen molar-refractivity contribution in [2.45, 2.75) is 39.3 Å². The molecule has 0 unspecified atom stereocenters. The third-order valence-electron chi connectivity index (χ3n) is 5.47. The van der Waals surface area contributed by atoms with E-state index in [1.54, 1.807) is 4.90 Å². The van der Waals surface area contributed by atoms with E-state index >= 15 is 0 Å². The Bertz CT molecular complexity index is 1080.